The van der Waals surface area contributed by atoms with Gasteiger partial charge in [-0.2, -0.15) is 5.10 Å². The zero-order valence-electron chi connectivity index (χ0n) is 14.0. The second kappa shape index (κ2) is 6.29. The van der Waals surface area contributed by atoms with Gasteiger partial charge in [0.1, 0.15) is 11.4 Å². The fourth-order valence-corrected chi connectivity index (χ4v) is 2.80. The van der Waals surface area contributed by atoms with Crippen molar-refractivity contribution in [3.63, 3.8) is 0 Å². The van der Waals surface area contributed by atoms with E-state index in [0.717, 1.165) is 11.3 Å². The molecule has 0 aliphatic rings. The highest BCUT2D eigenvalue weighted by Crippen LogP contribution is 2.28. The Morgan fingerprint density at radius 3 is 2.50 bits per heavy atom. The number of benzene rings is 2. The van der Waals surface area contributed by atoms with Gasteiger partial charge in [0.15, 0.2) is 11.3 Å². The van der Waals surface area contributed by atoms with Crippen molar-refractivity contribution in [3.05, 3.63) is 66.4 Å². The number of rotatable bonds is 4. The van der Waals surface area contributed by atoms with Crippen LogP contribution >= 0.6 is 0 Å². The maximum absolute atomic E-state index is 11.9. The number of aromatic nitrogens is 4. The molecular weight excluding hydrogens is 330 g/mol. The Morgan fingerprint density at radius 1 is 1.00 bits per heavy atom. The standard InChI is InChI=1S/C19H15N5O2/c1-26-14-9-5-8-13(10-14)18-17(19(20)25)22-21-16-11-15(23-24(16)18)12-6-3-2-4-7-12/h2-11H,1H3,(H2,20,25). The van der Waals surface area contributed by atoms with E-state index in [1.165, 1.54) is 0 Å². The lowest BCUT2D eigenvalue weighted by atomic mass is 10.1. The van der Waals surface area contributed by atoms with Gasteiger partial charge < -0.3 is 10.5 Å². The third-order valence-electron chi connectivity index (χ3n) is 4.03. The molecule has 0 aliphatic carbocycles. The summed E-state index contributed by atoms with van der Waals surface area (Å²) in [5.74, 6) is -0.0210. The van der Waals surface area contributed by atoms with E-state index in [2.05, 4.69) is 15.3 Å². The SMILES string of the molecule is COc1cccc(-c2c(C(N)=O)nnc3cc(-c4ccccc4)nn23)c1. The minimum Gasteiger partial charge on any atom is -0.497 e. The van der Waals surface area contributed by atoms with Gasteiger partial charge in [-0.25, -0.2) is 4.52 Å². The second-order valence-corrected chi connectivity index (χ2v) is 5.66. The van der Waals surface area contributed by atoms with Crippen molar-refractivity contribution in [2.75, 3.05) is 7.11 Å². The van der Waals surface area contributed by atoms with Gasteiger partial charge in [0.05, 0.1) is 12.8 Å². The topological polar surface area (TPSA) is 95.4 Å². The Bertz CT molecular complexity index is 1110. The Morgan fingerprint density at radius 2 is 1.77 bits per heavy atom. The summed E-state index contributed by atoms with van der Waals surface area (Å²) >= 11 is 0. The molecule has 1 amide bonds. The molecule has 0 atom stereocenters. The average molecular weight is 345 g/mol. The van der Waals surface area contributed by atoms with E-state index < -0.39 is 5.91 Å². The molecule has 2 N–H and O–H groups in total. The van der Waals surface area contributed by atoms with Gasteiger partial charge >= 0.3 is 0 Å². The maximum atomic E-state index is 11.9. The monoisotopic (exact) mass is 345 g/mol. The summed E-state index contributed by atoms with van der Waals surface area (Å²) in [5, 5.41) is 12.7. The number of nitrogens with zero attached hydrogens (tertiary/aromatic N) is 4. The number of nitrogens with two attached hydrogens (primary N) is 1. The highest BCUT2D eigenvalue weighted by molar-refractivity contribution is 5.97. The Balaban J connectivity index is 2.00. The van der Waals surface area contributed by atoms with Gasteiger partial charge in [0.2, 0.25) is 0 Å². The van der Waals surface area contributed by atoms with Crippen LogP contribution in [0.5, 0.6) is 5.75 Å². The highest BCUT2D eigenvalue weighted by atomic mass is 16.5. The smallest absolute Gasteiger partial charge is 0.271 e. The molecule has 2 aromatic carbocycles. The molecule has 2 aromatic heterocycles. The minimum absolute atomic E-state index is 0.0495. The Kier molecular flexibility index (Phi) is 3.81. The summed E-state index contributed by atoms with van der Waals surface area (Å²) in [5.41, 5.74) is 8.94. The van der Waals surface area contributed by atoms with Gasteiger partial charge in [-0.15, -0.1) is 10.2 Å². The van der Waals surface area contributed by atoms with E-state index in [0.29, 0.717) is 22.7 Å². The number of carbonyl (C=O) groups is 1. The van der Waals surface area contributed by atoms with E-state index in [-0.39, 0.29) is 5.69 Å². The predicted molar refractivity (Wildman–Crippen MR) is 96.7 cm³/mol. The van der Waals surface area contributed by atoms with E-state index >= 15 is 0 Å². The number of carbonyl (C=O) groups excluding carboxylic acids is 1. The lowest BCUT2D eigenvalue weighted by Gasteiger charge is -2.09. The molecule has 7 heteroatoms. The number of fused-ring (bicyclic) bond motifs is 1. The summed E-state index contributed by atoms with van der Waals surface area (Å²) in [6.45, 7) is 0. The average Bonchev–Trinajstić information content (AvgIpc) is 3.12. The van der Waals surface area contributed by atoms with E-state index in [9.17, 15) is 4.79 Å². The first kappa shape index (κ1) is 15.8. The third kappa shape index (κ3) is 2.65. The summed E-state index contributed by atoms with van der Waals surface area (Å²) in [7, 11) is 1.58. The number of amides is 1. The van der Waals surface area contributed by atoms with Crippen molar-refractivity contribution in [1.29, 1.82) is 0 Å². The van der Waals surface area contributed by atoms with Crippen molar-refractivity contribution in [3.8, 4) is 28.3 Å². The lowest BCUT2D eigenvalue weighted by molar-refractivity contribution is 0.0995. The summed E-state index contributed by atoms with van der Waals surface area (Å²) in [6, 6.07) is 18.8. The molecule has 0 saturated carbocycles. The molecule has 0 radical (unpaired) electrons. The van der Waals surface area contributed by atoms with Gasteiger partial charge in [0.25, 0.3) is 5.91 Å². The molecule has 26 heavy (non-hydrogen) atoms. The van der Waals surface area contributed by atoms with Crippen LogP contribution in [0.4, 0.5) is 0 Å². The summed E-state index contributed by atoms with van der Waals surface area (Å²) in [6.07, 6.45) is 0. The van der Waals surface area contributed by atoms with Crippen LogP contribution in [0.15, 0.2) is 60.7 Å². The molecule has 0 spiro atoms. The van der Waals surface area contributed by atoms with Gasteiger partial charge in [-0.1, -0.05) is 42.5 Å². The quantitative estimate of drug-likeness (QED) is 0.613. The summed E-state index contributed by atoms with van der Waals surface area (Å²) in [4.78, 5) is 11.9. The van der Waals surface area contributed by atoms with Gasteiger partial charge in [0, 0.05) is 17.2 Å². The number of ether oxygens (including phenoxy) is 1. The first-order valence-corrected chi connectivity index (χ1v) is 7.93. The summed E-state index contributed by atoms with van der Waals surface area (Å²) < 4.78 is 6.87. The zero-order valence-corrected chi connectivity index (χ0v) is 14.0. The number of hydrogen-bond acceptors (Lipinski definition) is 5. The molecular formula is C19H15N5O2. The Hall–Kier alpha value is -3.74. The molecule has 2 heterocycles. The van der Waals surface area contributed by atoms with Crippen LogP contribution in [0.1, 0.15) is 10.5 Å². The second-order valence-electron chi connectivity index (χ2n) is 5.66. The minimum atomic E-state index is -0.672. The van der Waals surface area contributed by atoms with Crippen molar-refractivity contribution in [2.24, 2.45) is 5.73 Å². The first-order valence-electron chi connectivity index (χ1n) is 7.93. The molecule has 128 valence electrons. The molecule has 0 saturated heterocycles. The highest BCUT2D eigenvalue weighted by Gasteiger charge is 2.19. The van der Waals surface area contributed by atoms with Crippen LogP contribution in [0, 0.1) is 0 Å². The number of hydrogen-bond donors (Lipinski definition) is 1. The van der Waals surface area contributed by atoms with Crippen LogP contribution in [-0.2, 0) is 0 Å². The lowest BCUT2D eigenvalue weighted by Crippen LogP contribution is -2.18. The number of methoxy groups -OCH3 is 1. The fourth-order valence-electron chi connectivity index (χ4n) is 2.80. The largest absolute Gasteiger partial charge is 0.497 e. The molecule has 0 bridgehead atoms. The molecule has 4 rings (SSSR count). The van der Waals surface area contributed by atoms with Gasteiger partial charge in [-0.3, -0.25) is 4.79 Å². The molecule has 7 nitrogen and oxygen atoms in total. The van der Waals surface area contributed by atoms with E-state index in [4.69, 9.17) is 10.5 Å². The Labute approximate surface area is 149 Å². The van der Waals surface area contributed by atoms with E-state index in [1.807, 2.05) is 54.6 Å². The normalized spacial score (nSPS) is 10.8. The van der Waals surface area contributed by atoms with Crippen LogP contribution in [0.3, 0.4) is 0 Å². The van der Waals surface area contributed by atoms with Crippen LogP contribution in [0.25, 0.3) is 28.2 Å². The van der Waals surface area contributed by atoms with Crippen LogP contribution < -0.4 is 10.5 Å². The van der Waals surface area contributed by atoms with Crippen molar-refractivity contribution in [1.82, 2.24) is 19.8 Å². The predicted octanol–water partition coefficient (Wildman–Crippen LogP) is 2.57. The van der Waals surface area contributed by atoms with Crippen molar-refractivity contribution in [2.45, 2.75) is 0 Å². The van der Waals surface area contributed by atoms with Crippen molar-refractivity contribution < 1.29 is 9.53 Å². The number of primary amides is 1. The maximum Gasteiger partial charge on any atom is 0.271 e. The molecule has 4 aromatic rings. The third-order valence-corrected chi connectivity index (χ3v) is 4.03. The van der Waals surface area contributed by atoms with E-state index in [1.54, 1.807) is 17.7 Å². The van der Waals surface area contributed by atoms with Crippen LogP contribution in [0.2, 0.25) is 0 Å². The first-order chi connectivity index (χ1) is 12.7. The molecule has 0 unspecified atom stereocenters. The van der Waals surface area contributed by atoms with Crippen molar-refractivity contribution >= 4 is 11.6 Å². The van der Waals surface area contributed by atoms with Crippen LogP contribution in [-0.4, -0.2) is 32.8 Å². The molecule has 0 aliphatic heterocycles. The molecule has 0 fully saturated rings. The zero-order chi connectivity index (χ0) is 18.1. The van der Waals surface area contributed by atoms with Gasteiger partial charge in [-0.05, 0) is 12.1 Å². The fraction of sp³-hybridized carbons (Fsp3) is 0.0526.